The number of aromatic amines is 1. The average Bonchev–Trinajstić information content (AvgIpc) is 2.78. The minimum atomic E-state index is 0.0647. The molecule has 1 atom stereocenters. The van der Waals surface area contributed by atoms with Gasteiger partial charge in [-0.25, -0.2) is 15.0 Å². The van der Waals surface area contributed by atoms with E-state index >= 15 is 0 Å². The Morgan fingerprint density at radius 3 is 3.12 bits per heavy atom. The number of hydrogen-bond donors (Lipinski definition) is 3. The number of aliphatic hydroxyl groups is 1. The van der Waals surface area contributed by atoms with Crippen molar-refractivity contribution in [3.8, 4) is 0 Å². The predicted molar refractivity (Wildman–Crippen MR) is 65.6 cm³/mol. The molecule has 0 fully saturated rings. The van der Waals surface area contributed by atoms with Crippen LogP contribution in [0.2, 0.25) is 0 Å². The van der Waals surface area contributed by atoms with Crippen molar-refractivity contribution in [3.63, 3.8) is 0 Å². The first-order valence-electron chi connectivity index (χ1n) is 5.39. The molecule has 2 heterocycles. The van der Waals surface area contributed by atoms with Crippen molar-refractivity contribution in [2.45, 2.75) is 19.9 Å². The molecular weight excluding hydrogens is 218 g/mol. The Kier molecular flexibility index (Phi) is 3.34. The van der Waals surface area contributed by atoms with E-state index in [1.54, 1.807) is 6.33 Å². The van der Waals surface area contributed by atoms with E-state index in [9.17, 15) is 0 Å². The molecule has 0 bridgehead atoms. The van der Waals surface area contributed by atoms with Crippen LogP contribution in [0.3, 0.4) is 0 Å². The fourth-order valence-electron chi connectivity index (χ4n) is 1.61. The molecule has 90 valence electrons. The van der Waals surface area contributed by atoms with E-state index in [0.717, 1.165) is 11.1 Å². The van der Waals surface area contributed by atoms with Crippen molar-refractivity contribution in [1.29, 1.82) is 0 Å². The fourth-order valence-corrected chi connectivity index (χ4v) is 1.61. The summed E-state index contributed by atoms with van der Waals surface area (Å²) < 4.78 is 0. The molecule has 6 nitrogen and oxygen atoms in total. The smallest absolute Gasteiger partial charge is 0.182 e. The molecule has 0 saturated heterocycles. The minimum Gasteiger partial charge on any atom is -0.392 e. The number of imidazole rings is 1. The average molecular weight is 233 g/mol. The largest absolute Gasteiger partial charge is 0.392 e. The lowest BCUT2D eigenvalue weighted by Gasteiger charge is -2.11. The van der Waals surface area contributed by atoms with Gasteiger partial charge < -0.3 is 15.4 Å². The summed E-state index contributed by atoms with van der Waals surface area (Å²) in [5, 5.41) is 12.2. The molecule has 0 aromatic carbocycles. The maximum atomic E-state index is 8.95. The van der Waals surface area contributed by atoms with Crippen LogP contribution >= 0.6 is 0 Å². The fraction of sp³-hybridized carbons (Fsp3) is 0.364. The Balaban J connectivity index is 2.21. The van der Waals surface area contributed by atoms with Crippen LogP contribution in [0.1, 0.15) is 13.8 Å². The Bertz CT molecular complexity index is 533. The molecule has 0 spiro atoms. The van der Waals surface area contributed by atoms with E-state index in [1.165, 1.54) is 6.33 Å². The van der Waals surface area contributed by atoms with E-state index in [2.05, 4.69) is 25.3 Å². The minimum absolute atomic E-state index is 0.0647. The number of nitrogens with zero attached hydrogens (tertiary/aromatic N) is 3. The van der Waals surface area contributed by atoms with Gasteiger partial charge in [0.1, 0.15) is 11.8 Å². The second-order valence-corrected chi connectivity index (χ2v) is 3.93. The summed E-state index contributed by atoms with van der Waals surface area (Å²) in [4.78, 5) is 15.3. The lowest BCUT2D eigenvalue weighted by molar-refractivity contribution is 0.331. The molecule has 1 unspecified atom stereocenters. The number of rotatable bonds is 4. The molecule has 2 aromatic heterocycles. The number of fused-ring (bicyclic) bond motifs is 1. The normalized spacial score (nSPS) is 13.9. The number of hydrogen-bond acceptors (Lipinski definition) is 5. The molecule has 0 saturated carbocycles. The van der Waals surface area contributed by atoms with Gasteiger partial charge in [0, 0.05) is 6.04 Å². The highest BCUT2D eigenvalue weighted by Gasteiger charge is 2.07. The van der Waals surface area contributed by atoms with Crippen molar-refractivity contribution >= 4 is 17.0 Å². The van der Waals surface area contributed by atoms with Gasteiger partial charge in [-0.1, -0.05) is 11.6 Å². The number of anilines is 1. The van der Waals surface area contributed by atoms with Gasteiger partial charge in [0.15, 0.2) is 11.5 Å². The Morgan fingerprint density at radius 1 is 1.53 bits per heavy atom. The summed E-state index contributed by atoms with van der Waals surface area (Å²) in [5.41, 5.74) is 2.34. The molecule has 0 amide bonds. The first-order valence-corrected chi connectivity index (χ1v) is 5.39. The van der Waals surface area contributed by atoms with Crippen molar-refractivity contribution in [2.75, 3.05) is 11.9 Å². The topological polar surface area (TPSA) is 86.7 Å². The van der Waals surface area contributed by atoms with Gasteiger partial charge in [-0.3, -0.25) is 0 Å². The van der Waals surface area contributed by atoms with Crippen molar-refractivity contribution in [1.82, 2.24) is 19.9 Å². The van der Waals surface area contributed by atoms with Gasteiger partial charge >= 0.3 is 0 Å². The van der Waals surface area contributed by atoms with Gasteiger partial charge in [0.25, 0.3) is 0 Å². The standard InChI is InChI=1S/C11H15N5O/c1-7(4-17)3-8(2)16-11-9-10(13-5-12-9)14-6-15-11/h3,5-6,8,17H,4H2,1-2H3,(H2,12,13,14,15,16). The van der Waals surface area contributed by atoms with Crippen molar-refractivity contribution in [2.24, 2.45) is 0 Å². The molecule has 0 aliphatic carbocycles. The highest BCUT2D eigenvalue weighted by molar-refractivity contribution is 5.82. The first kappa shape index (κ1) is 11.5. The quantitative estimate of drug-likeness (QED) is 0.688. The van der Waals surface area contributed by atoms with Gasteiger partial charge in [-0.05, 0) is 13.8 Å². The summed E-state index contributed by atoms with van der Waals surface area (Å²) >= 11 is 0. The zero-order chi connectivity index (χ0) is 12.3. The molecule has 0 radical (unpaired) electrons. The highest BCUT2D eigenvalue weighted by Crippen LogP contribution is 2.15. The lowest BCUT2D eigenvalue weighted by atomic mass is 10.2. The molecule has 17 heavy (non-hydrogen) atoms. The Hall–Kier alpha value is -1.95. The second-order valence-electron chi connectivity index (χ2n) is 3.93. The SMILES string of the molecule is CC(=CC(C)Nc1ncnc2nc[nH]c12)CO. The number of nitrogens with one attached hydrogen (secondary N) is 2. The predicted octanol–water partition coefficient (Wildman–Crippen LogP) is 1.09. The summed E-state index contributed by atoms with van der Waals surface area (Å²) in [6, 6.07) is 0.0727. The van der Waals surface area contributed by atoms with Crippen LogP contribution in [-0.2, 0) is 0 Å². The zero-order valence-electron chi connectivity index (χ0n) is 9.81. The first-order chi connectivity index (χ1) is 8.20. The molecule has 2 rings (SSSR count). The number of H-pyrrole nitrogens is 1. The van der Waals surface area contributed by atoms with E-state index in [0.29, 0.717) is 11.5 Å². The third-order valence-corrected chi connectivity index (χ3v) is 2.37. The van der Waals surface area contributed by atoms with Gasteiger partial charge in [-0.15, -0.1) is 0 Å². The third kappa shape index (κ3) is 2.59. The van der Waals surface area contributed by atoms with E-state index in [-0.39, 0.29) is 12.6 Å². The highest BCUT2D eigenvalue weighted by atomic mass is 16.3. The number of aromatic nitrogens is 4. The summed E-state index contributed by atoms with van der Waals surface area (Å²) in [6.45, 7) is 3.93. The van der Waals surface area contributed by atoms with Gasteiger partial charge in [-0.2, -0.15) is 0 Å². The molecule has 3 N–H and O–H groups in total. The maximum Gasteiger partial charge on any atom is 0.182 e. The molecule has 6 heteroatoms. The van der Waals surface area contributed by atoms with Crippen LogP contribution < -0.4 is 5.32 Å². The number of aliphatic hydroxyl groups excluding tert-OH is 1. The zero-order valence-corrected chi connectivity index (χ0v) is 9.81. The van der Waals surface area contributed by atoms with Crippen LogP contribution in [-0.4, -0.2) is 37.7 Å². The van der Waals surface area contributed by atoms with E-state index in [4.69, 9.17) is 5.11 Å². The summed E-state index contributed by atoms with van der Waals surface area (Å²) in [5.74, 6) is 0.710. The lowest BCUT2D eigenvalue weighted by Crippen LogP contribution is -2.14. The molecule has 0 aliphatic heterocycles. The van der Waals surface area contributed by atoms with Gasteiger partial charge in [0.05, 0.1) is 12.9 Å². The van der Waals surface area contributed by atoms with Crippen LogP contribution in [0.15, 0.2) is 24.3 Å². The van der Waals surface area contributed by atoms with Crippen LogP contribution in [0.4, 0.5) is 5.82 Å². The van der Waals surface area contributed by atoms with Gasteiger partial charge in [0.2, 0.25) is 0 Å². The van der Waals surface area contributed by atoms with Crippen molar-refractivity contribution in [3.05, 3.63) is 24.3 Å². The van der Waals surface area contributed by atoms with E-state index < -0.39 is 0 Å². The monoisotopic (exact) mass is 233 g/mol. The Labute approximate surface area is 98.8 Å². The van der Waals surface area contributed by atoms with Crippen molar-refractivity contribution < 1.29 is 5.11 Å². The summed E-state index contributed by atoms with van der Waals surface area (Å²) in [6.07, 6.45) is 5.01. The molecular formula is C11H15N5O. The third-order valence-electron chi connectivity index (χ3n) is 2.37. The molecule has 2 aromatic rings. The van der Waals surface area contributed by atoms with E-state index in [1.807, 2.05) is 19.9 Å². The van der Waals surface area contributed by atoms with Crippen LogP contribution in [0.25, 0.3) is 11.2 Å². The molecule has 0 aliphatic rings. The Morgan fingerprint density at radius 2 is 2.35 bits per heavy atom. The summed E-state index contributed by atoms with van der Waals surface area (Å²) in [7, 11) is 0. The van der Waals surface area contributed by atoms with Crippen LogP contribution in [0.5, 0.6) is 0 Å². The maximum absolute atomic E-state index is 8.95. The van der Waals surface area contributed by atoms with Crippen LogP contribution in [0, 0.1) is 0 Å². The second kappa shape index (κ2) is 4.92.